The summed E-state index contributed by atoms with van der Waals surface area (Å²) in [5.41, 5.74) is 3.29. The van der Waals surface area contributed by atoms with E-state index in [0.29, 0.717) is 17.3 Å². The van der Waals surface area contributed by atoms with Crippen molar-refractivity contribution in [1.82, 2.24) is 0 Å². The van der Waals surface area contributed by atoms with Gasteiger partial charge in [-0.3, -0.25) is 0 Å². The molecule has 0 heterocycles. The zero-order valence-corrected chi connectivity index (χ0v) is 13.2. The number of allylic oxidation sites excluding steroid dienone is 3. The van der Waals surface area contributed by atoms with Crippen LogP contribution in [0.2, 0.25) is 0 Å². The molecule has 1 saturated carbocycles. The first-order valence-electron chi connectivity index (χ1n) is 7.96. The second-order valence-corrected chi connectivity index (χ2v) is 7.07. The Morgan fingerprint density at radius 2 is 2.21 bits per heavy atom. The van der Waals surface area contributed by atoms with E-state index in [1.807, 2.05) is 6.92 Å². The van der Waals surface area contributed by atoms with Crippen molar-refractivity contribution in [1.29, 1.82) is 0 Å². The average Bonchev–Trinajstić information content (AvgIpc) is 2.39. The lowest BCUT2D eigenvalue weighted by Gasteiger charge is -2.52. The van der Waals surface area contributed by atoms with E-state index in [4.69, 9.17) is 0 Å². The molecule has 0 aliphatic heterocycles. The first-order valence-corrected chi connectivity index (χ1v) is 7.96. The SMILES string of the molecule is CCC(O)C(C)=CC1CC2C(C)=CC1CC2(C)CC. The van der Waals surface area contributed by atoms with Crippen molar-refractivity contribution >= 4 is 0 Å². The molecule has 19 heavy (non-hydrogen) atoms. The van der Waals surface area contributed by atoms with Crippen LogP contribution in [0.15, 0.2) is 23.3 Å². The molecule has 0 aromatic carbocycles. The van der Waals surface area contributed by atoms with Gasteiger partial charge in [0, 0.05) is 0 Å². The second kappa shape index (κ2) is 5.44. The van der Waals surface area contributed by atoms with Crippen molar-refractivity contribution in [2.75, 3.05) is 0 Å². The van der Waals surface area contributed by atoms with E-state index in [-0.39, 0.29) is 6.10 Å². The van der Waals surface area contributed by atoms with Crippen LogP contribution in [0.1, 0.15) is 60.3 Å². The third kappa shape index (κ3) is 2.67. The van der Waals surface area contributed by atoms with E-state index in [1.54, 1.807) is 5.57 Å². The molecule has 108 valence electrons. The Kier molecular flexibility index (Phi) is 4.25. The molecule has 1 N–H and O–H groups in total. The van der Waals surface area contributed by atoms with Crippen molar-refractivity contribution in [3.63, 3.8) is 0 Å². The van der Waals surface area contributed by atoms with Gasteiger partial charge in [0.15, 0.2) is 0 Å². The molecule has 2 bridgehead atoms. The van der Waals surface area contributed by atoms with Crippen LogP contribution < -0.4 is 0 Å². The predicted octanol–water partition coefficient (Wildman–Crippen LogP) is 4.72. The minimum atomic E-state index is -0.247. The number of aliphatic hydroxyl groups is 1. The third-order valence-electron chi connectivity index (χ3n) is 5.82. The maximum Gasteiger partial charge on any atom is 0.0744 e. The fraction of sp³-hybridized carbons (Fsp3) is 0.778. The molecular weight excluding hydrogens is 232 g/mol. The van der Waals surface area contributed by atoms with Crippen LogP contribution in [-0.2, 0) is 0 Å². The topological polar surface area (TPSA) is 20.2 Å². The quantitative estimate of drug-likeness (QED) is 0.727. The van der Waals surface area contributed by atoms with Gasteiger partial charge in [-0.1, -0.05) is 44.9 Å². The van der Waals surface area contributed by atoms with Crippen LogP contribution in [0.5, 0.6) is 0 Å². The molecule has 1 nitrogen and oxygen atoms in total. The average molecular weight is 262 g/mol. The van der Waals surface area contributed by atoms with Crippen LogP contribution in [0.25, 0.3) is 0 Å². The molecule has 1 heteroatoms. The number of rotatable bonds is 4. The molecule has 0 spiro atoms. The molecule has 3 aliphatic rings. The van der Waals surface area contributed by atoms with Crippen LogP contribution in [0.4, 0.5) is 0 Å². The van der Waals surface area contributed by atoms with E-state index in [9.17, 15) is 5.11 Å². The largest absolute Gasteiger partial charge is 0.389 e. The molecule has 0 radical (unpaired) electrons. The Bertz CT molecular complexity index is 392. The van der Waals surface area contributed by atoms with Gasteiger partial charge in [-0.2, -0.15) is 0 Å². The maximum absolute atomic E-state index is 9.94. The van der Waals surface area contributed by atoms with Gasteiger partial charge < -0.3 is 5.11 Å². The minimum Gasteiger partial charge on any atom is -0.389 e. The summed E-state index contributed by atoms with van der Waals surface area (Å²) in [6.45, 7) is 11.3. The summed E-state index contributed by atoms with van der Waals surface area (Å²) in [4.78, 5) is 0. The summed E-state index contributed by atoms with van der Waals surface area (Å²) in [5, 5.41) is 9.94. The van der Waals surface area contributed by atoms with Gasteiger partial charge in [0.05, 0.1) is 6.10 Å². The highest BCUT2D eigenvalue weighted by Crippen LogP contribution is 2.56. The number of hydrogen-bond donors (Lipinski definition) is 1. The van der Waals surface area contributed by atoms with E-state index < -0.39 is 0 Å². The van der Waals surface area contributed by atoms with Crippen molar-refractivity contribution < 1.29 is 5.11 Å². The van der Waals surface area contributed by atoms with Crippen molar-refractivity contribution in [2.45, 2.75) is 66.4 Å². The Morgan fingerprint density at radius 3 is 2.74 bits per heavy atom. The van der Waals surface area contributed by atoms with Crippen LogP contribution >= 0.6 is 0 Å². The first-order chi connectivity index (χ1) is 8.91. The monoisotopic (exact) mass is 262 g/mol. The van der Waals surface area contributed by atoms with Gasteiger partial charge in [-0.05, 0) is 61.9 Å². The van der Waals surface area contributed by atoms with E-state index in [0.717, 1.165) is 12.3 Å². The molecule has 3 rings (SSSR count). The highest BCUT2D eigenvalue weighted by molar-refractivity contribution is 5.24. The highest BCUT2D eigenvalue weighted by Gasteiger charge is 2.46. The van der Waals surface area contributed by atoms with Gasteiger partial charge in [0.25, 0.3) is 0 Å². The summed E-state index contributed by atoms with van der Waals surface area (Å²) in [6, 6.07) is 0. The summed E-state index contributed by atoms with van der Waals surface area (Å²) in [5.74, 6) is 2.08. The lowest BCUT2D eigenvalue weighted by atomic mass is 9.53. The highest BCUT2D eigenvalue weighted by atomic mass is 16.3. The Labute approximate surface area is 118 Å². The normalized spacial score (nSPS) is 40.2. The van der Waals surface area contributed by atoms with Crippen molar-refractivity contribution in [2.24, 2.45) is 23.2 Å². The summed E-state index contributed by atoms with van der Waals surface area (Å²) in [7, 11) is 0. The minimum absolute atomic E-state index is 0.247. The van der Waals surface area contributed by atoms with E-state index >= 15 is 0 Å². The second-order valence-electron chi connectivity index (χ2n) is 7.07. The van der Waals surface area contributed by atoms with Crippen LogP contribution in [0.3, 0.4) is 0 Å². The van der Waals surface area contributed by atoms with Crippen LogP contribution in [0, 0.1) is 23.2 Å². The maximum atomic E-state index is 9.94. The Morgan fingerprint density at radius 1 is 1.53 bits per heavy atom. The standard InChI is InChI=1S/C18H30O/c1-6-17(19)13(4)9-14-10-16-12(3)8-15(14)11-18(16,5)7-2/h8-9,14-17,19H,6-7,10-11H2,1-5H3. The predicted molar refractivity (Wildman–Crippen MR) is 81.9 cm³/mol. The van der Waals surface area contributed by atoms with Gasteiger partial charge >= 0.3 is 0 Å². The Balaban J connectivity index is 2.19. The van der Waals surface area contributed by atoms with Crippen molar-refractivity contribution in [3.8, 4) is 0 Å². The summed E-state index contributed by atoms with van der Waals surface area (Å²) >= 11 is 0. The molecule has 0 saturated heterocycles. The third-order valence-corrected chi connectivity index (χ3v) is 5.82. The molecule has 3 aliphatic carbocycles. The molecular formula is C18H30O. The fourth-order valence-corrected chi connectivity index (χ4v) is 4.29. The molecule has 0 aromatic rings. The molecule has 0 amide bonds. The molecule has 1 fully saturated rings. The first kappa shape index (κ1) is 14.8. The number of fused-ring (bicyclic) bond motifs is 2. The lowest BCUT2D eigenvalue weighted by molar-refractivity contribution is 0.0654. The molecule has 5 atom stereocenters. The van der Waals surface area contributed by atoms with Gasteiger partial charge in [0.1, 0.15) is 0 Å². The van der Waals surface area contributed by atoms with Gasteiger partial charge in [-0.25, -0.2) is 0 Å². The zero-order valence-electron chi connectivity index (χ0n) is 13.2. The van der Waals surface area contributed by atoms with E-state index in [2.05, 4.69) is 39.8 Å². The lowest BCUT2D eigenvalue weighted by Crippen LogP contribution is -2.42. The summed E-state index contributed by atoms with van der Waals surface area (Å²) < 4.78 is 0. The van der Waals surface area contributed by atoms with E-state index in [1.165, 1.54) is 24.8 Å². The smallest absolute Gasteiger partial charge is 0.0744 e. The number of hydrogen-bond acceptors (Lipinski definition) is 1. The number of aliphatic hydroxyl groups excluding tert-OH is 1. The van der Waals surface area contributed by atoms with Crippen molar-refractivity contribution in [3.05, 3.63) is 23.3 Å². The summed E-state index contributed by atoms with van der Waals surface area (Å²) in [6.07, 6.45) is 9.34. The van der Waals surface area contributed by atoms with Gasteiger partial charge in [0.2, 0.25) is 0 Å². The molecule has 0 aromatic heterocycles. The molecule has 5 unspecified atom stereocenters. The van der Waals surface area contributed by atoms with Gasteiger partial charge in [-0.15, -0.1) is 0 Å². The Hall–Kier alpha value is -0.560. The van der Waals surface area contributed by atoms with Crippen LogP contribution in [-0.4, -0.2) is 11.2 Å². The zero-order chi connectivity index (χ0) is 14.2. The fourth-order valence-electron chi connectivity index (χ4n) is 4.29.